The van der Waals surface area contributed by atoms with Gasteiger partial charge in [-0.15, -0.1) is 11.3 Å². The highest BCUT2D eigenvalue weighted by atomic mass is 79.9. The first-order valence-corrected chi connectivity index (χ1v) is 12.6. The molecule has 5 nitrogen and oxygen atoms in total. The molecule has 1 saturated carbocycles. The number of thioether (sulfide) groups is 1. The van der Waals surface area contributed by atoms with Gasteiger partial charge >= 0.3 is 0 Å². The Labute approximate surface area is 192 Å². The van der Waals surface area contributed by atoms with Crippen LogP contribution in [0.1, 0.15) is 42.5 Å². The van der Waals surface area contributed by atoms with Crippen molar-refractivity contribution in [3.63, 3.8) is 0 Å². The third-order valence-electron chi connectivity index (χ3n) is 5.03. The normalized spacial score (nSPS) is 14.6. The van der Waals surface area contributed by atoms with E-state index in [1.54, 1.807) is 12.1 Å². The molecule has 0 unspecified atom stereocenters. The number of aromatic nitrogens is 1. The zero-order chi connectivity index (χ0) is 20.9. The zero-order valence-corrected chi connectivity index (χ0v) is 19.5. The number of fused-ring (bicyclic) bond motifs is 1. The van der Waals surface area contributed by atoms with Crippen molar-refractivity contribution in [1.82, 2.24) is 10.3 Å². The first-order chi connectivity index (χ1) is 14.6. The Hall–Kier alpha value is -1.90. The van der Waals surface area contributed by atoms with Crippen molar-refractivity contribution in [2.75, 3.05) is 11.1 Å². The summed E-state index contributed by atoms with van der Waals surface area (Å²) in [6.07, 6.45) is 5.87. The molecule has 4 rings (SSSR count). The summed E-state index contributed by atoms with van der Waals surface area (Å²) in [7, 11) is 0. The molecule has 0 saturated heterocycles. The van der Waals surface area contributed by atoms with Crippen LogP contribution in [0.3, 0.4) is 0 Å². The molecule has 0 spiro atoms. The van der Waals surface area contributed by atoms with E-state index in [0.29, 0.717) is 17.4 Å². The Balaban J connectivity index is 1.35. The molecule has 0 aliphatic heterocycles. The number of halogens is 1. The van der Waals surface area contributed by atoms with Crippen molar-refractivity contribution in [3.05, 3.63) is 52.5 Å². The molecular formula is C22H22BrN3O2S2. The van der Waals surface area contributed by atoms with Gasteiger partial charge in [0.15, 0.2) is 4.34 Å². The number of thiazole rings is 1. The quantitative estimate of drug-likeness (QED) is 0.413. The van der Waals surface area contributed by atoms with E-state index >= 15 is 0 Å². The lowest BCUT2D eigenvalue weighted by Gasteiger charge is -2.22. The predicted octanol–water partition coefficient (Wildman–Crippen LogP) is 5.85. The van der Waals surface area contributed by atoms with Gasteiger partial charge in [0, 0.05) is 21.8 Å². The fourth-order valence-electron chi connectivity index (χ4n) is 3.49. The molecule has 1 aromatic heterocycles. The molecule has 0 bridgehead atoms. The molecular weight excluding hydrogens is 482 g/mol. The zero-order valence-electron chi connectivity index (χ0n) is 16.3. The maximum Gasteiger partial charge on any atom is 0.255 e. The smallest absolute Gasteiger partial charge is 0.255 e. The predicted molar refractivity (Wildman–Crippen MR) is 127 cm³/mol. The summed E-state index contributed by atoms with van der Waals surface area (Å²) in [6, 6.07) is 13.2. The van der Waals surface area contributed by atoms with Gasteiger partial charge in [-0.2, -0.15) is 0 Å². The summed E-state index contributed by atoms with van der Waals surface area (Å²) in [5.41, 5.74) is 2.20. The van der Waals surface area contributed by atoms with E-state index in [-0.39, 0.29) is 11.8 Å². The van der Waals surface area contributed by atoms with Crippen LogP contribution in [0, 0.1) is 0 Å². The first-order valence-electron chi connectivity index (χ1n) is 9.96. The molecule has 156 valence electrons. The highest BCUT2D eigenvalue weighted by Gasteiger charge is 2.16. The number of hydrogen-bond donors (Lipinski definition) is 2. The second kappa shape index (κ2) is 9.94. The number of carbonyl (C=O) groups excluding carboxylic acids is 2. The Morgan fingerprint density at radius 2 is 1.87 bits per heavy atom. The van der Waals surface area contributed by atoms with E-state index in [9.17, 15) is 9.59 Å². The molecule has 8 heteroatoms. The monoisotopic (exact) mass is 503 g/mol. The third-order valence-corrected chi connectivity index (χ3v) is 7.72. The minimum Gasteiger partial charge on any atom is -0.353 e. The average molecular weight is 504 g/mol. The number of carbonyl (C=O) groups is 2. The number of benzene rings is 2. The van der Waals surface area contributed by atoms with Gasteiger partial charge in [-0.1, -0.05) is 47.0 Å². The molecule has 1 aliphatic rings. The first kappa shape index (κ1) is 21.3. The van der Waals surface area contributed by atoms with Crippen LogP contribution in [0.5, 0.6) is 0 Å². The number of amides is 2. The summed E-state index contributed by atoms with van der Waals surface area (Å²) in [5, 5.41) is 6.07. The lowest BCUT2D eigenvalue weighted by molar-refractivity contribution is -0.119. The number of hydrogen-bond acceptors (Lipinski definition) is 5. The van der Waals surface area contributed by atoms with Crippen molar-refractivity contribution in [3.8, 4) is 0 Å². The summed E-state index contributed by atoms with van der Waals surface area (Å²) in [4.78, 5) is 29.2. The second-order valence-corrected chi connectivity index (χ2v) is 10.5. The van der Waals surface area contributed by atoms with Gasteiger partial charge in [-0.25, -0.2) is 4.98 Å². The van der Waals surface area contributed by atoms with Gasteiger partial charge in [-0.3, -0.25) is 9.59 Å². The van der Waals surface area contributed by atoms with Crippen LogP contribution in [0.2, 0.25) is 0 Å². The van der Waals surface area contributed by atoms with Gasteiger partial charge in [0.25, 0.3) is 5.91 Å². The van der Waals surface area contributed by atoms with Gasteiger partial charge in [0.2, 0.25) is 5.91 Å². The Kier molecular flexibility index (Phi) is 7.07. The van der Waals surface area contributed by atoms with Crippen LogP contribution in [0.25, 0.3) is 10.2 Å². The summed E-state index contributed by atoms with van der Waals surface area (Å²) in [5.74, 6) is 0.303. The number of rotatable bonds is 6. The van der Waals surface area contributed by atoms with E-state index in [2.05, 4.69) is 31.5 Å². The molecule has 3 aromatic rings. The number of anilines is 1. The Morgan fingerprint density at radius 3 is 2.63 bits per heavy atom. The standard InChI is InChI=1S/C22H22BrN3O2S2/c23-15-8-6-14(7-9-15)21(28)25-17-10-11-18-19(12-17)30-22(26-18)29-13-20(27)24-16-4-2-1-3-5-16/h6-12,16H,1-5,13H2,(H,24,27)(H,25,28). The fourth-order valence-corrected chi connectivity index (χ4v) is 5.67. The highest BCUT2D eigenvalue weighted by Crippen LogP contribution is 2.31. The largest absolute Gasteiger partial charge is 0.353 e. The summed E-state index contributed by atoms with van der Waals surface area (Å²) in [6.45, 7) is 0. The Bertz CT molecular complexity index is 1050. The van der Waals surface area contributed by atoms with E-state index in [0.717, 1.165) is 37.6 Å². The minimum atomic E-state index is -0.152. The molecule has 0 atom stereocenters. The van der Waals surface area contributed by atoms with Crippen molar-refractivity contribution in [2.24, 2.45) is 0 Å². The average Bonchev–Trinajstić information content (AvgIpc) is 3.16. The maximum atomic E-state index is 12.4. The number of nitrogens with zero attached hydrogens (tertiary/aromatic N) is 1. The van der Waals surface area contributed by atoms with E-state index in [1.165, 1.54) is 42.4 Å². The second-order valence-electron chi connectivity index (χ2n) is 7.31. The summed E-state index contributed by atoms with van der Waals surface area (Å²) >= 11 is 6.38. The van der Waals surface area contributed by atoms with Crippen molar-refractivity contribution in [2.45, 2.75) is 42.5 Å². The molecule has 1 aliphatic carbocycles. The lowest BCUT2D eigenvalue weighted by atomic mass is 9.95. The minimum absolute atomic E-state index is 0.0774. The molecule has 1 fully saturated rings. The van der Waals surface area contributed by atoms with E-state index in [4.69, 9.17) is 0 Å². The van der Waals surface area contributed by atoms with E-state index in [1.807, 2.05) is 30.3 Å². The highest BCUT2D eigenvalue weighted by molar-refractivity contribution is 9.10. The van der Waals surface area contributed by atoms with Crippen LogP contribution in [-0.2, 0) is 4.79 Å². The molecule has 2 aromatic carbocycles. The van der Waals surface area contributed by atoms with Gasteiger partial charge < -0.3 is 10.6 Å². The van der Waals surface area contributed by atoms with Crippen LogP contribution < -0.4 is 10.6 Å². The van der Waals surface area contributed by atoms with Crippen LogP contribution in [0.4, 0.5) is 5.69 Å². The van der Waals surface area contributed by atoms with Crippen LogP contribution in [0.15, 0.2) is 51.3 Å². The molecule has 30 heavy (non-hydrogen) atoms. The molecule has 2 N–H and O–H groups in total. The maximum absolute atomic E-state index is 12.4. The lowest BCUT2D eigenvalue weighted by Crippen LogP contribution is -2.37. The summed E-state index contributed by atoms with van der Waals surface area (Å²) < 4.78 is 2.78. The Morgan fingerprint density at radius 1 is 1.10 bits per heavy atom. The topological polar surface area (TPSA) is 71.1 Å². The van der Waals surface area contributed by atoms with Gasteiger partial charge in [-0.05, 0) is 55.3 Å². The fraction of sp³-hybridized carbons (Fsp3) is 0.318. The van der Waals surface area contributed by atoms with Gasteiger partial charge in [0.05, 0.1) is 16.0 Å². The van der Waals surface area contributed by atoms with E-state index < -0.39 is 0 Å². The van der Waals surface area contributed by atoms with Crippen molar-refractivity contribution >= 4 is 66.7 Å². The number of nitrogens with one attached hydrogen (secondary N) is 2. The molecule has 2 amide bonds. The van der Waals surface area contributed by atoms with Crippen molar-refractivity contribution in [1.29, 1.82) is 0 Å². The van der Waals surface area contributed by atoms with Crippen LogP contribution in [-0.4, -0.2) is 28.6 Å². The third kappa shape index (κ3) is 5.62. The van der Waals surface area contributed by atoms with Crippen LogP contribution >= 0.6 is 39.0 Å². The van der Waals surface area contributed by atoms with Gasteiger partial charge in [0.1, 0.15) is 0 Å². The molecule has 1 heterocycles. The molecule has 0 radical (unpaired) electrons. The SMILES string of the molecule is O=C(CSc1nc2ccc(NC(=O)c3ccc(Br)cc3)cc2s1)NC1CCCCC1. The van der Waals surface area contributed by atoms with Crippen molar-refractivity contribution < 1.29 is 9.59 Å².